The molecule has 1 amide bonds. The van der Waals surface area contributed by atoms with Crippen molar-refractivity contribution in [2.75, 3.05) is 18.0 Å². The van der Waals surface area contributed by atoms with Crippen molar-refractivity contribution in [1.29, 1.82) is 0 Å². The molecule has 1 aromatic heterocycles. The second kappa shape index (κ2) is 6.28. The van der Waals surface area contributed by atoms with Gasteiger partial charge < -0.3 is 15.0 Å². The summed E-state index contributed by atoms with van der Waals surface area (Å²) >= 11 is 0. The summed E-state index contributed by atoms with van der Waals surface area (Å²) < 4.78 is 5.26. The van der Waals surface area contributed by atoms with Crippen molar-refractivity contribution in [2.45, 2.75) is 52.2 Å². The molecular formula is C15H24N4O2. The number of ether oxygens (including phenoxy) is 1. The average Bonchev–Trinajstić information content (AvgIpc) is 2.82. The Balaban J connectivity index is 1.92. The second-order valence-electron chi connectivity index (χ2n) is 6.37. The van der Waals surface area contributed by atoms with Crippen LogP contribution in [0.4, 0.5) is 10.7 Å². The fraction of sp³-hybridized carbons (Fsp3) is 0.667. The molecule has 0 saturated carbocycles. The first kappa shape index (κ1) is 15.5. The van der Waals surface area contributed by atoms with E-state index in [0.717, 1.165) is 31.0 Å². The first-order chi connectivity index (χ1) is 9.85. The van der Waals surface area contributed by atoms with Gasteiger partial charge in [-0.25, -0.2) is 14.8 Å². The van der Waals surface area contributed by atoms with Crippen LogP contribution in [0.3, 0.4) is 0 Å². The topological polar surface area (TPSA) is 67.4 Å². The Morgan fingerprint density at radius 3 is 2.95 bits per heavy atom. The molecule has 0 unspecified atom stereocenters. The lowest BCUT2D eigenvalue weighted by atomic mass is 10.2. The number of rotatable bonds is 3. The molecule has 21 heavy (non-hydrogen) atoms. The van der Waals surface area contributed by atoms with E-state index in [1.165, 1.54) is 0 Å². The Kier molecular flexibility index (Phi) is 4.65. The van der Waals surface area contributed by atoms with Gasteiger partial charge in [0.15, 0.2) is 0 Å². The number of carbonyl (C=O) groups is 1. The molecule has 1 saturated heterocycles. The molecule has 1 aromatic rings. The van der Waals surface area contributed by atoms with Gasteiger partial charge in [-0.05, 0) is 46.6 Å². The Morgan fingerprint density at radius 1 is 1.52 bits per heavy atom. The molecule has 1 aliphatic heterocycles. The van der Waals surface area contributed by atoms with E-state index >= 15 is 0 Å². The number of aromatic nitrogens is 2. The van der Waals surface area contributed by atoms with Gasteiger partial charge in [-0.3, -0.25) is 0 Å². The Bertz CT molecular complexity index is 499. The third kappa shape index (κ3) is 4.58. The first-order valence-electron chi connectivity index (χ1n) is 7.38. The van der Waals surface area contributed by atoms with Gasteiger partial charge in [-0.2, -0.15) is 0 Å². The van der Waals surface area contributed by atoms with Crippen molar-refractivity contribution in [1.82, 2.24) is 15.3 Å². The van der Waals surface area contributed by atoms with Crippen LogP contribution in [0.25, 0.3) is 0 Å². The Labute approximate surface area is 125 Å². The number of nitrogens with one attached hydrogen (secondary N) is 1. The average molecular weight is 292 g/mol. The summed E-state index contributed by atoms with van der Waals surface area (Å²) in [5.41, 5.74) is 0.477. The predicted molar refractivity (Wildman–Crippen MR) is 81.4 cm³/mol. The second-order valence-corrected chi connectivity index (χ2v) is 6.37. The quantitative estimate of drug-likeness (QED) is 0.925. The fourth-order valence-corrected chi connectivity index (χ4v) is 2.40. The zero-order valence-corrected chi connectivity index (χ0v) is 13.2. The number of amides is 1. The van der Waals surface area contributed by atoms with Crippen molar-refractivity contribution in [2.24, 2.45) is 0 Å². The molecule has 6 heteroatoms. The van der Waals surface area contributed by atoms with E-state index in [0.29, 0.717) is 6.54 Å². The fourth-order valence-electron chi connectivity index (χ4n) is 2.40. The first-order valence-corrected chi connectivity index (χ1v) is 7.38. The van der Waals surface area contributed by atoms with Crippen LogP contribution in [0.1, 0.15) is 39.3 Å². The summed E-state index contributed by atoms with van der Waals surface area (Å²) in [5, 5.41) is 2.84. The summed E-state index contributed by atoms with van der Waals surface area (Å²) in [7, 11) is 0. The SMILES string of the molecule is Cc1ccnc(N2CCC[C@H]2CNC(=O)OC(C)(C)C)n1. The molecule has 0 bridgehead atoms. The van der Waals surface area contributed by atoms with Gasteiger partial charge in [0.25, 0.3) is 0 Å². The standard InChI is InChI=1S/C15H24N4O2/c1-11-7-8-16-13(18-11)19-9-5-6-12(19)10-17-14(20)21-15(2,3)4/h7-8,12H,5-6,9-10H2,1-4H3,(H,17,20)/t12-/m0/s1. The maximum atomic E-state index is 11.7. The molecule has 1 fully saturated rings. The maximum Gasteiger partial charge on any atom is 0.407 e. The van der Waals surface area contributed by atoms with Crippen molar-refractivity contribution in [3.8, 4) is 0 Å². The highest BCUT2D eigenvalue weighted by Crippen LogP contribution is 2.21. The molecule has 1 N–H and O–H groups in total. The normalized spacial score (nSPS) is 18.7. The van der Waals surface area contributed by atoms with Crippen LogP contribution in [-0.2, 0) is 4.74 Å². The van der Waals surface area contributed by atoms with E-state index in [1.807, 2.05) is 33.8 Å². The number of hydrogen-bond acceptors (Lipinski definition) is 5. The van der Waals surface area contributed by atoms with Crippen LogP contribution in [0, 0.1) is 6.92 Å². The van der Waals surface area contributed by atoms with E-state index in [4.69, 9.17) is 4.74 Å². The molecule has 1 atom stereocenters. The Morgan fingerprint density at radius 2 is 2.29 bits per heavy atom. The molecule has 0 aliphatic carbocycles. The monoisotopic (exact) mass is 292 g/mol. The van der Waals surface area contributed by atoms with Crippen molar-refractivity contribution >= 4 is 12.0 Å². The molecule has 0 aromatic carbocycles. The van der Waals surface area contributed by atoms with E-state index in [2.05, 4.69) is 20.2 Å². The minimum atomic E-state index is -0.473. The molecule has 116 valence electrons. The number of aryl methyl sites for hydroxylation is 1. The van der Waals surface area contributed by atoms with Crippen molar-refractivity contribution in [3.05, 3.63) is 18.0 Å². The van der Waals surface area contributed by atoms with Crippen LogP contribution < -0.4 is 10.2 Å². The number of alkyl carbamates (subject to hydrolysis) is 1. The lowest BCUT2D eigenvalue weighted by Crippen LogP contribution is -2.42. The molecule has 0 spiro atoms. The van der Waals surface area contributed by atoms with Gasteiger partial charge in [-0.15, -0.1) is 0 Å². The predicted octanol–water partition coefficient (Wildman–Crippen LogP) is 2.28. The highest BCUT2D eigenvalue weighted by atomic mass is 16.6. The molecule has 0 radical (unpaired) electrons. The van der Waals surface area contributed by atoms with E-state index in [-0.39, 0.29) is 12.1 Å². The molecule has 2 rings (SSSR count). The lowest BCUT2D eigenvalue weighted by molar-refractivity contribution is 0.0525. The lowest BCUT2D eigenvalue weighted by Gasteiger charge is -2.26. The van der Waals surface area contributed by atoms with Crippen LogP contribution in [-0.4, -0.2) is 40.8 Å². The zero-order chi connectivity index (χ0) is 15.5. The third-order valence-corrected chi connectivity index (χ3v) is 3.30. The van der Waals surface area contributed by atoms with Gasteiger partial charge in [0.1, 0.15) is 5.60 Å². The number of carbonyl (C=O) groups excluding carboxylic acids is 1. The Hall–Kier alpha value is -1.85. The van der Waals surface area contributed by atoms with Crippen molar-refractivity contribution < 1.29 is 9.53 Å². The molecule has 6 nitrogen and oxygen atoms in total. The molecule has 1 aliphatic rings. The van der Waals surface area contributed by atoms with Gasteiger partial charge in [-0.1, -0.05) is 0 Å². The van der Waals surface area contributed by atoms with Crippen LogP contribution in [0.5, 0.6) is 0 Å². The summed E-state index contributed by atoms with van der Waals surface area (Å²) in [5.74, 6) is 0.739. The van der Waals surface area contributed by atoms with Crippen LogP contribution in [0.2, 0.25) is 0 Å². The molecular weight excluding hydrogens is 268 g/mol. The number of anilines is 1. The highest BCUT2D eigenvalue weighted by molar-refractivity contribution is 5.67. The van der Waals surface area contributed by atoms with E-state index in [1.54, 1.807) is 6.20 Å². The van der Waals surface area contributed by atoms with Gasteiger partial charge in [0.2, 0.25) is 5.95 Å². The zero-order valence-electron chi connectivity index (χ0n) is 13.2. The van der Waals surface area contributed by atoms with E-state index in [9.17, 15) is 4.79 Å². The van der Waals surface area contributed by atoms with Gasteiger partial charge >= 0.3 is 6.09 Å². The summed E-state index contributed by atoms with van der Waals surface area (Å²) in [6, 6.07) is 2.10. The minimum absolute atomic E-state index is 0.222. The highest BCUT2D eigenvalue weighted by Gasteiger charge is 2.27. The van der Waals surface area contributed by atoms with Crippen LogP contribution >= 0.6 is 0 Å². The minimum Gasteiger partial charge on any atom is -0.444 e. The summed E-state index contributed by atoms with van der Waals surface area (Å²) in [6.45, 7) is 8.99. The van der Waals surface area contributed by atoms with Gasteiger partial charge in [0, 0.05) is 31.0 Å². The molecule has 2 heterocycles. The summed E-state index contributed by atoms with van der Waals surface area (Å²) in [4.78, 5) is 22.7. The van der Waals surface area contributed by atoms with Gasteiger partial charge in [0.05, 0.1) is 0 Å². The summed E-state index contributed by atoms with van der Waals surface area (Å²) in [6.07, 6.45) is 3.50. The number of hydrogen-bond donors (Lipinski definition) is 1. The largest absolute Gasteiger partial charge is 0.444 e. The van der Waals surface area contributed by atoms with Crippen molar-refractivity contribution in [3.63, 3.8) is 0 Å². The van der Waals surface area contributed by atoms with Crippen LogP contribution in [0.15, 0.2) is 12.3 Å². The maximum absolute atomic E-state index is 11.7. The number of nitrogens with zero attached hydrogens (tertiary/aromatic N) is 3. The van der Waals surface area contributed by atoms with E-state index < -0.39 is 5.60 Å². The smallest absolute Gasteiger partial charge is 0.407 e. The third-order valence-electron chi connectivity index (χ3n) is 3.30.